The molecular formula is C4H5O. The van der Waals surface area contributed by atoms with E-state index in [4.69, 9.17) is 4.74 Å². The highest BCUT2D eigenvalue weighted by molar-refractivity contribution is 5.09. The van der Waals surface area contributed by atoms with E-state index in [1.165, 1.54) is 6.42 Å². The lowest BCUT2D eigenvalue weighted by Crippen LogP contribution is -2.53. The summed E-state index contributed by atoms with van der Waals surface area (Å²) in [5.41, 5.74) is 0. The maximum Gasteiger partial charge on any atom is 0.0661 e. The van der Waals surface area contributed by atoms with Crippen LogP contribution in [0.4, 0.5) is 0 Å². The minimum Gasteiger partial charge on any atom is -0.374 e. The molecule has 1 aliphatic carbocycles. The van der Waals surface area contributed by atoms with E-state index < -0.39 is 0 Å². The average molecular weight is 69.1 g/mol. The molecule has 2 atom stereocenters. The molecule has 2 aliphatic heterocycles. The predicted molar refractivity (Wildman–Crippen MR) is 17.6 cm³/mol. The maximum atomic E-state index is 4.97. The van der Waals surface area contributed by atoms with Crippen molar-refractivity contribution in [1.29, 1.82) is 0 Å². The molecule has 0 aromatic heterocycles. The van der Waals surface area contributed by atoms with Crippen LogP contribution in [-0.2, 0) is 4.74 Å². The van der Waals surface area contributed by atoms with Crippen molar-refractivity contribution >= 4 is 0 Å². The molecule has 1 radical (unpaired) electrons. The number of rotatable bonds is 0. The van der Waals surface area contributed by atoms with E-state index >= 15 is 0 Å². The van der Waals surface area contributed by atoms with Gasteiger partial charge in [-0.05, 0) is 0 Å². The Bertz CT molecular complexity index is 40.4. The van der Waals surface area contributed by atoms with Gasteiger partial charge in [0.25, 0.3) is 0 Å². The summed E-state index contributed by atoms with van der Waals surface area (Å²) in [5.74, 6) is 0. The zero-order chi connectivity index (χ0) is 3.28. The first-order valence-corrected chi connectivity index (χ1v) is 1.95. The molecule has 1 nitrogen and oxygen atoms in total. The summed E-state index contributed by atoms with van der Waals surface area (Å²) in [5, 5.41) is 0. The molecular weight excluding hydrogens is 64.0 g/mol. The minimum atomic E-state index is 0.583. The fourth-order valence-corrected chi connectivity index (χ4v) is 0.644. The van der Waals surface area contributed by atoms with Crippen molar-refractivity contribution < 1.29 is 4.74 Å². The molecule has 2 saturated heterocycles. The lowest BCUT2D eigenvalue weighted by molar-refractivity contribution is -0.179. The van der Waals surface area contributed by atoms with Gasteiger partial charge in [0.2, 0.25) is 0 Å². The molecule has 0 amide bonds. The van der Waals surface area contributed by atoms with E-state index in [-0.39, 0.29) is 0 Å². The van der Waals surface area contributed by atoms with Crippen LogP contribution in [0.1, 0.15) is 6.42 Å². The molecule has 3 rings (SSSR count). The molecule has 0 aromatic rings. The van der Waals surface area contributed by atoms with Gasteiger partial charge < -0.3 is 4.74 Å². The van der Waals surface area contributed by atoms with Crippen molar-refractivity contribution in [3.8, 4) is 0 Å². The summed E-state index contributed by atoms with van der Waals surface area (Å²) >= 11 is 0. The van der Waals surface area contributed by atoms with Gasteiger partial charge in [-0.1, -0.05) is 0 Å². The normalized spacial score (nSPS) is 57.6. The van der Waals surface area contributed by atoms with Crippen molar-refractivity contribution in [2.75, 3.05) is 0 Å². The van der Waals surface area contributed by atoms with E-state index in [0.29, 0.717) is 12.2 Å². The third kappa shape index (κ3) is 0.106. The highest BCUT2D eigenvalue weighted by Crippen LogP contribution is 2.38. The molecule has 27 valence electrons. The third-order valence-electron chi connectivity index (χ3n) is 1.24. The Kier molecular flexibility index (Phi) is 0.189. The van der Waals surface area contributed by atoms with Crippen LogP contribution in [0.25, 0.3) is 0 Å². The van der Waals surface area contributed by atoms with Crippen LogP contribution in [-0.4, -0.2) is 12.2 Å². The van der Waals surface area contributed by atoms with Crippen molar-refractivity contribution in [2.45, 2.75) is 18.6 Å². The second-order valence-corrected chi connectivity index (χ2v) is 1.64. The summed E-state index contributed by atoms with van der Waals surface area (Å²) in [6, 6.07) is 0. The van der Waals surface area contributed by atoms with Crippen LogP contribution in [0.2, 0.25) is 0 Å². The average Bonchev–Trinajstić information content (AvgIpc) is 0.592. The smallest absolute Gasteiger partial charge is 0.0661 e. The molecule has 0 N–H and O–H groups in total. The molecule has 0 aromatic carbocycles. The van der Waals surface area contributed by atoms with Crippen LogP contribution in [0.5, 0.6) is 0 Å². The second kappa shape index (κ2) is 0.432. The highest BCUT2D eigenvalue weighted by Gasteiger charge is 2.43. The van der Waals surface area contributed by atoms with Crippen LogP contribution in [0.3, 0.4) is 0 Å². The Morgan fingerprint density at radius 3 is 1.80 bits per heavy atom. The Hall–Kier alpha value is -0.0400. The fraction of sp³-hybridized carbons (Fsp3) is 0.750. The third-order valence-corrected chi connectivity index (χ3v) is 1.24. The van der Waals surface area contributed by atoms with Gasteiger partial charge in [-0.3, -0.25) is 0 Å². The monoisotopic (exact) mass is 69.0 g/mol. The summed E-state index contributed by atoms with van der Waals surface area (Å²) in [6.07, 6.45) is 4.69. The lowest BCUT2D eigenvalue weighted by atomic mass is 9.84. The molecule has 3 aliphatic rings. The van der Waals surface area contributed by atoms with E-state index in [1.807, 2.05) is 0 Å². The standard InChI is InChI=1S/C4H5O/c1-3-2-4(1)5-3/h1,3-4H,2H2. The summed E-state index contributed by atoms with van der Waals surface area (Å²) in [6.45, 7) is 0. The van der Waals surface area contributed by atoms with Gasteiger partial charge in [0.15, 0.2) is 0 Å². The summed E-state index contributed by atoms with van der Waals surface area (Å²) < 4.78 is 4.97. The second-order valence-electron chi connectivity index (χ2n) is 1.64. The van der Waals surface area contributed by atoms with Crippen LogP contribution in [0, 0.1) is 6.42 Å². The van der Waals surface area contributed by atoms with E-state index in [0.717, 1.165) is 0 Å². The largest absolute Gasteiger partial charge is 0.374 e. The van der Waals surface area contributed by atoms with Crippen molar-refractivity contribution in [3.63, 3.8) is 0 Å². The van der Waals surface area contributed by atoms with E-state index in [1.54, 1.807) is 0 Å². The first kappa shape index (κ1) is 2.19. The number of hydrogen-bond acceptors (Lipinski definition) is 1. The van der Waals surface area contributed by atoms with Crippen molar-refractivity contribution in [1.82, 2.24) is 0 Å². The fourth-order valence-electron chi connectivity index (χ4n) is 0.644. The zero-order valence-electron chi connectivity index (χ0n) is 2.85. The molecule has 2 unspecified atom stereocenters. The van der Waals surface area contributed by atoms with E-state index in [2.05, 4.69) is 6.42 Å². The molecule has 3 fully saturated rings. The zero-order valence-corrected chi connectivity index (χ0v) is 2.85. The first-order chi connectivity index (χ1) is 2.45. The lowest BCUT2D eigenvalue weighted by Gasteiger charge is -2.48. The maximum absolute atomic E-state index is 4.97. The molecule has 2 bridgehead atoms. The first-order valence-electron chi connectivity index (χ1n) is 1.95. The Morgan fingerprint density at radius 2 is 1.80 bits per heavy atom. The molecule has 1 heteroatoms. The molecule has 2 heterocycles. The summed E-state index contributed by atoms with van der Waals surface area (Å²) in [7, 11) is 0. The van der Waals surface area contributed by atoms with Gasteiger partial charge in [-0.15, -0.1) is 0 Å². The Labute approximate surface area is 30.9 Å². The quantitative estimate of drug-likeness (QED) is 0.399. The minimum absolute atomic E-state index is 0.583. The van der Waals surface area contributed by atoms with Gasteiger partial charge in [0.05, 0.1) is 12.2 Å². The van der Waals surface area contributed by atoms with Crippen LogP contribution >= 0.6 is 0 Å². The van der Waals surface area contributed by atoms with Gasteiger partial charge >= 0.3 is 0 Å². The van der Waals surface area contributed by atoms with Crippen molar-refractivity contribution in [2.24, 2.45) is 0 Å². The summed E-state index contributed by atoms with van der Waals surface area (Å²) in [4.78, 5) is 0. The molecule has 1 saturated carbocycles. The molecule has 0 spiro atoms. The Balaban J connectivity index is 2.19. The number of hydrogen-bond donors (Lipinski definition) is 0. The van der Waals surface area contributed by atoms with Gasteiger partial charge in [0.1, 0.15) is 0 Å². The predicted octanol–water partition coefficient (Wildman–Crippen LogP) is 0.362. The van der Waals surface area contributed by atoms with Crippen LogP contribution < -0.4 is 0 Å². The highest BCUT2D eigenvalue weighted by atomic mass is 16.5. The van der Waals surface area contributed by atoms with Crippen LogP contribution in [0.15, 0.2) is 0 Å². The Morgan fingerprint density at radius 1 is 1.60 bits per heavy atom. The number of ether oxygens (including phenoxy) is 1. The van der Waals surface area contributed by atoms with Gasteiger partial charge in [0, 0.05) is 12.8 Å². The van der Waals surface area contributed by atoms with Crippen molar-refractivity contribution in [3.05, 3.63) is 6.42 Å². The SMILES string of the molecule is [CH]1C2CC1O2. The topological polar surface area (TPSA) is 9.23 Å². The van der Waals surface area contributed by atoms with Gasteiger partial charge in [-0.2, -0.15) is 0 Å². The van der Waals surface area contributed by atoms with E-state index in [9.17, 15) is 0 Å². The molecule has 5 heavy (non-hydrogen) atoms. The van der Waals surface area contributed by atoms with Gasteiger partial charge in [-0.25, -0.2) is 0 Å².